The average molecular weight is 351 g/mol. The summed E-state index contributed by atoms with van der Waals surface area (Å²) in [4.78, 5) is 24.4. The highest BCUT2D eigenvalue weighted by atomic mass is 32.2. The van der Waals surface area contributed by atoms with Crippen LogP contribution in [0.5, 0.6) is 0 Å². The first-order valence-corrected chi connectivity index (χ1v) is 8.97. The van der Waals surface area contributed by atoms with Crippen molar-refractivity contribution >= 4 is 21.9 Å². The molecule has 0 bridgehead atoms. The van der Waals surface area contributed by atoms with Crippen molar-refractivity contribution in [2.45, 2.75) is 32.1 Å². The Morgan fingerprint density at radius 1 is 1.33 bits per heavy atom. The second kappa shape index (κ2) is 6.39. The minimum absolute atomic E-state index is 0.0548. The molecule has 1 aromatic carbocycles. The Bertz CT molecular complexity index is 795. The van der Waals surface area contributed by atoms with E-state index in [1.807, 2.05) is 6.92 Å². The molecule has 1 aliphatic rings. The maximum atomic E-state index is 12.8. The number of sulfonamides is 1. The monoisotopic (exact) mass is 351 g/mol. The second-order valence-electron chi connectivity index (χ2n) is 6.15. The standard InChI is InChI=1S/C17H21NO5S/c1-5-14-16(20)18(11-17(14,3)10-15(19)23-4)24(21,22)13-8-6-12(2)7-9-13/h5-9H,10-11H2,1-4H3/b14-5+. The molecule has 24 heavy (non-hydrogen) atoms. The fourth-order valence-electron chi connectivity index (χ4n) is 2.91. The molecule has 1 aromatic rings. The van der Waals surface area contributed by atoms with Crippen molar-refractivity contribution in [2.75, 3.05) is 13.7 Å². The minimum atomic E-state index is -3.97. The van der Waals surface area contributed by atoms with Gasteiger partial charge in [-0.1, -0.05) is 30.7 Å². The van der Waals surface area contributed by atoms with Gasteiger partial charge < -0.3 is 4.74 Å². The molecule has 0 aliphatic carbocycles. The first-order chi connectivity index (χ1) is 11.2. The van der Waals surface area contributed by atoms with Crippen LogP contribution >= 0.6 is 0 Å². The topological polar surface area (TPSA) is 80.8 Å². The lowest BCUT2D eigenvalue weighted by atomic mass is 9.81. The van der Waals surface area contributed by atoms with Crippen molar-refractivity contribution in [2.24, 2.45) is 5.41 Å². The molecule has 1 unspecified atom stereocenters. The fraction of sp³-hybridized carbons (Fsp3) is 0.412. The van der Waals surface area contributed by atoms with Crippen molar-refractivity contribution in [1.82, 2.24) is 4.31 Å². The van der Waals surface area contributed by atoms with E-state index in [0.29, 0.717) is 5.57 Å². The molecule has 0 aromatic heterocycles. The van der Waals surface area contributed by atoms with E-state index in [0.717, 1.165) is 9.87 Å². The Balaban J connectivity index is 2.43. The number of allylic oxidation sites excluding steroid dienone is 1. The molecule has 1 atom stereocenters. The van der Waals surface area contributed by atoms with Gasteiger partial charge in [0.05, 0.1) is 18.4 Å². The van der Waals surface area contributed by atoms with Crippen LogP contribution in [0.3, 0.4) is 0 Å². The summed E-state index contributed by atoms with van der Waals surface area (Å²) in [6.07, 6.45) is 1.50. The fourth-order valence-corrected chi connectivity index (χ4v) is 4.42. The van der Waals surface area contributed by atoms with Gasteiger partial charge in [0.15, 0.2) is 0 Å². The highest BCUT2D eigenvalue weighted by molar-refractivity contribution is 7.89. The first-order valence-electron chi connectivity index (χ1n) is 7.53. The van der Waals surface area contributed by atoms with Gasteiger partial charge in [0.25, 0.3) is 15.9 Å². The normalized spacial score (nSPS) is 22.9. The summed E-state index contributed by atoms with van der Waals surface area (Å²) in [5.74, 6) is -1.08. The van der Waals surface area contributed by atoms with Gasteiger partial charge in [-0.15, -0.1) is 0 Å². The van der Waals surface area contributed by atoms with E-state index in [1.165, 1.54) is 19.2 Å². The van der Waals surface area contributed by atoms with Gasteiger partial charge in [-0.3, -0.25) is 9.59 Å². The highest BCUT2D eigenvalue weighted by Crippen LogP contribution is 2.41. The predicted octanol–water partition coefficient (Wildman–Crippen LogP) is 2.04. The van der Waals surface area contributed by atoms with Crippen molar-refractivity contribution in [3.05, 3.63) is 41.5 Å². The molecule has 1 amide bonds. The van der Waals surface area contributed by atoms with Gasteiger partial charge in [0.1, 0.15) is 0 Å². The van der Waals surface area contributed by atoms with E-state index < -0.39 is 27.3 Å². The summed E-state index contributed by atoms with van der Waals surface area (Å²) in [7, 11) is -2.71. The Labute approximate surface area is 142 Å². The van der Waals surface area contributed by atoms with Crippen LogP contribution in [0.1, 0.15) is 25.8 Å². The number of nitrogens with zero attached hydrogens (tertiary/aromatic N) is 1. The lowest BCUT2D eigenvalue weighted by Gasteiger charge is -2.23. The third-order valence-electron chi connectivity index (χ3n) is 4.26. The van der Waals surface area contributed by atoms with Crippen molar-refractivity contribution < 1.29 is 22.7 Å². The second-order valence-corrected chi connectivity index (χ2v) is 8.01. The van der Waals surface area contributed by atoms with Crippen LogP contribution in [0, 0.1) is 12.3 Å². The van der Waals surface area contributed by atoms with E-state index in [4.69, 9.17) is 0 Å². The number of ether oxygens (including phenoxy) is 1. The molecule has 0 N–H and O–H groups in total. The highest BCUT2D eigenvalue weighted by Gasteiger charge is 2.50. The zero-order valence-corrected chi connectivity index (χ0v) is 15.0. The molecule has 1 heterocycles. The summed E-state index contributed by atoms with van der Waals surface area (Å²) < 4.78 is 31.2. The lowest BCUT2D eigenvalue weighted by molar-refractivity contribution is -0.142. The summed E-state index contributed by atoms with van der Waals surface area (Å²) in [6, 6.07) is 6.31. The Morgan fingerprint density at radius 2 is 1.92 bits per heavy atom. The van der Waals surface area contributed by atoms with Crippen LogP contribution in [0.4, 0.5) is 0 Å². The maximum absolute atomic E-state index is 12.8. The molecule has 130 valence electrons. The number of methoxy groups -OCH3 is 1. The van der Waals surface area contributed by atoms with Crippen LogP contribution in [-0.4, -0.2) is 38.3 Å². The van der Waals surface area contributed by atoms with E-state index in [-0.39, 0.29) is 17.9 Å². The Hall–Kier alpha value is -2.15. The molecule has 6 nitrogen and oxygen atoms in total. The molecule has 0 radical (unpaired) electrons. The van der Waals surface area contributed by atoms with Gasteiger partial charge >= 0.3 is 5.97 Å². The van der Waals surface area contributed by atoms with E-state index >= 15 is 0 Å². The number of rotatable bonds is 4. The summed E-state index contributed by atoms with van der Waals surface area (Å²) in [6.45, 7) is 5.12. The maximum Gasteiger partial charge on any atom is 0.306 e. The zero-order chi connectivity index (χ0) is 18.1. The van der Waals surface area contributed by atoms with Gasteiger partial charge in [-0.05, 0) is 26.0 Å². The molecule has 2 rings (SSSR count). The quantitative estimate of drug-likeness (QED) is 0.612. The molecular formula is C17H21NO5S. The smallest absolute Gasteiger partial charge is 0.306 e. The van der Waals surface area contributed by atoms with Crippen molar-refractivity contribution in [1.29, 1.82) is 0 Å². The molecule has 0 saturated carbocycles. The molecule has 1 saturated heterocycles. The summed E-state index contributed by atoms with van der Waals surface area (Å²) in [5.41, 5.74) is 0.325. The van der Waals surface area contributed by atoms with Crippen LogP contribution in [0.15, 0.2) is 40.8 Å². The number of aryl methyl sites for hydroxylation is 1. The van der Waals surface area contributed by atoms with Crippen molar-refractivity contribution in [3.8, 4) is 0 Å². The van der Waals surface area contributed by atoms with E-state index in [2.05, 4.69) is 4.74 Å². The summed E-state index contributed by atoms with van der Waals surface area (Å²) in [5, 5.41) is 0. The molecule has 1 aliphatic heterocycles. The number of hydrogen-bond acceptors (Lipinski definition) is 5. The van der Waals surface area contributed by atoms with Gasteiger partial charge in [0.2, 0.25) is 0 Å². The molecule has 0 spiro atoms. The third-order valence-corrected chi connectivity index (χ3v) is 6.00. The number of esters is 1. The van der Waals surface area contributed by atoms with Gasteiger partial charge in [0, 0.05) is 17.5 Å². The predicted molar refractivity (Wildman–Crippen MR) is 88.6 cm³/mol. The molecule has 7 heteroatoms. The number of hydrogen-bond donors (Lipinski definition) is 0. The van der Waals surface area contributed by atoms with Gasteiger partial charge in [-0.25, -0.2) is 12.7 Å². The first kappa shape index (κ1) is 18.2. The third kappa shape index (κ3) is 3.08. The summed E-state index contributed by atoms with van der Waals surface area (Å²) >= 11 is 0. The Morgan fingerprint density at radius 3 is 2.42 bits per heavy atom. The SMILES string of the molecule is C/C=C1\C(=O)N(S(=O)(=O)c2ccc(C)cc2)CC1(C)CC(=O)OC. The van der Waals surface area contributed by atoms with Crippen LogP contribution < -0.4 is 0 Å². The van der Waals surface area contributed by atoms with E-state index in [1.54, 1.807) is 32.1 Å². The minimum Gasteiger partial charge on any atom is -0.469 e. The number of benzene rings is 1. The van der Waals surface area contributed by atoms with Crippen LogP contribution in [0.25, 0.3) is 0 Å². The lowest BCUT2D eigenvalue weighted by Crippen LogP contribution is -2.34. The van der Waals surface area contributed by atoms with E-state index in [9.17, 15) is 18.0 Å². The number of carbonyl (C=O) groups is 2. The van der Waals surface area contributed by atoms with Crippen molar-refractivity contribution in [3.63, 3.8) is 0 Å². The molecule has 1 fully saturated rings. The van der Waals surface area contributed by atoms with Gasteiger partial charge in [-0.2, -0.15) is 0 Å². The van der Waals surface area contributed by atoms with Crippen LogP contribution in [-0.2, 0) is 24.3 Å². The number of amides is 1. The zero-order valence-electron chi connectivity index (χ0n) is 14.2. The largest absolute Gasteiger partial charge is 0.469 e. The van der Waals surface area contributed by atoms with Crippen LogP contribution in [0.2, 0.25) is 0 Å². The Kier molecular flexibility index (Phi) is 4.85. The molecular weight excluding hydrogens is 330 g/mol. The number of carbonyl (C=O) groups excluding carboxylic acids is 2. The average Bonchev–Trinajstić information content (AvgIpc) is 2.78.